The van der Waals surface area contributed by atoms with E-state index in [9.17, 15) is 14.4 Å². The summed E-state index contributed by atoms with van der Waals surface area (Å²) in [5.41, 5.74) is 0. The summed E-state index contributed by atoms with van der Waals surface area (Å²) >= 11 is 0. The van der Waals surface area contributed by atoms with Gasteiger partial charge in [-0.2, -0.15) is 0 Å². The topological polar surface area (TPSA) is 108 Å². The van der Waals surface area contributed by atoms with E-state index in [-0.39, 0.29) is 45.0 Å². The van der Waals surface area contributed by atoms with Crippen molar-refractivity contribution in [1.29, 1.82) is 0 Å². The van der Waals surface area contributed by atoms with Gasteiger partial charge in [0, 0.05) is 25.5 Å². The quantitative estimate of drug-likeness (QED) is 0.164. The first-order valence-electron chi connectivity index (χ1n) is 9.39. The van der Waals surface area contributed by atoms with Crippen LogP contribution in [-0.2, 0) is 33.3 Å². The first-order valence-corrected chi connectivity index (χ1v) is 9.39. The van der Waals surface area contributed by atoms with Gasteiger partial charge in [-0.15, -0.1) is 0 Å². The second-order valence-corrected chi connectivity index (χ2v) is 5.77. The van der Waals surface area contributed by atoms with Crippen LogP contribution in [0.25, 0.3) is 0 Å². The molecule has 0 aliphatic rings. The second kappa shape index (κ2) is 18.8. The molecule has 0 aromatic carbocycles. The van der Waals surface area contributed by atoms with Crippen molar-refractivity contribution in [3.8, 4) is 0 Å². The Morgan fingerprint density at radius 1 is 0.704 bits per heavy atom. The Hall–Kier alpha value is -1.93. The van der Waals surface area contributed by atoms with Crippen LogP contribution in [0.3, 0.4) is 0 Å². The van der Waals surface area contributed by atoms with Gasteiger partial charge in [0.1, 0.15) is 13.2 Å². The highest BCUT2D eigenvalue weighted by atomic mass is 16.6. The molecule has 0 amide bonds. The van der Waals surface area contributed by atoms with E-state index in [4.69, 9.17) is 24.1 Å². The lowest BCUT2D eigenvalue weighted by atomic mass is 10.2. The number of unbranched alkanes of at least 4 members (excludes halogenated alkanes) is 4. The number of aliphatic hydroxyl groups is 1. The van der Waals surface area contributed by atoms with Crippen molar-refractivity contribution in [2.75, 3.05) is 39.6 Å². The Balaban J connectivity index is 3.32. The maximum Gasteiger partial charge on any atom is 0.330 e. The normalized spacial score (nSPS) is 10.3. The molecule has 0 bridgehead atoms. The second-order valence-electron chi connectivity index (χ2n) is 5.77. The lowest BCUT2D eigenvalue weighted by Crippen LogP contribution is -2.14. The first kappa shape index (κ1) is 25.1. The fourth-order valence-electron chi connectivity index (χ4n) is 2.01. The molecule has 0 fully saturated rings. The number of carbonyl (C=O) groups is 3. The Morgan fingerprint density at radius 3 is 1.78 bits per heavy atom. The molecule has 0 aromatic rings. The Morgan fingerprint density at radius 2 is 1.26 bits per heavy atom. The summed E-state index contributed by atoms with van der Waals surface area (Å²) in [6, 6.07) is 0. The zero-order valence-electron chi connectivity index (χ0n) is 16.0. The van der Waals surface area contributed by atoms with Crippen molar-refractivity contribution in [1.82, 2.24) is 0 Å². The molecule has 0 spiro atoms. The van der Waals surface area contributed by atoms with Crippen molar-refractivity contribution in [3.63, 3.8) is 0 Å². The van der Waals surface area contributed by atoms with E-state index in [1.807, 2.05) is 0 Å². The lowest BCUT2D eigenvalue weighted by molar-refractivity contribution is -0.147. The number of ether oxygens (including phenoxy) is 4. The highest BCUT2D eigenvalue weighted by Crippen LogP contribution is 2.02. The van der Waals surface area contributed by atoms with Crippen LogP contribution in [-0.4, -0.2) is 62.7 Å². The summed E-state index contributed by atoms with van der Waals surface area (Å²) in [7, 11) is 0. The van der Waals surface area contributed by atoms with Gasteiger partial charge in [-0.05, 0) is 32.1 Å². The van der Waals surface area contributed by atoms with Crippen LogP contribution < -0.4 is 0 Å². The minimum Gasteiger partial charge on any atom is -0.463 e. The minimum absolute atomic E-state index is 0.140. The fourth-order valence-corrected chi connectivity index (χ4v) is 2.01. The number of esters is 3. The third kappa shape index (κ3) is 18.7. The van der Waals surface area contributed by atoms with Crippen molar-refractivity contribution >= 4 is 17.9 Å². The maximum absolute atomic E-state index is 11.5. The molecule has 0 aromatic heterocycles. The third-order valence-electron chi connectivity index (χ3n) is 3.46. The Kier molecular flexibility index (Phi) is 17.5. The molecule has 0 unspecified atom stereocenters. The number of hydrogen-bond donors (Lipinski definition) is 1. The van der Waals surface area contributed by atoms with Gasteiger partial charge < -0.3 is 24.1 Å². The predicted molar refractivity (Wildman–Crippen MR) is 97.9 cm³/mol. The number of hydrogen-bond acceptors (Lipinski definition) is 8. The molecule has 0 radical (unpaired) electrons. The van der Waals surface area contributed by atoms with E-state index in [0.717, 1.165) is 18.9 Å². The highest BCUT2D eigenvalue weighted by molar-refractivity contribution is 5.81. The van der Waals surface area contributed by atoms with Gasteiger partial charge >= 0.3 is 17.9 Å². The van der Waals surface area contributed by atoms with Crippen LogP contribution in [0.15, 0.2) is 12.7 Å². The monoisotopic (exact) mass is 388 g/mol. The van der Waals surface area contributed by atoms with Crippen molar-refractivity contribution < 1.29 is 38.4 Å². The molecule has 27 heavy (non-hydrogen) atoms. The van der Waals surface area contributed by atoms with E-state index >= 15 is 0 Å². The smallest absolute Gasteiger partial charge is 0.330 e. The van der Waals surface area contributed by atoms with Gasteiger partial charge in [0.2, 0.25) is 0 Å². The van der Waals surface area contributed by atoms with Gasteiger partial charge in [0.05, 0.1) is 19.8 Å². The first-order chi connectivity index (χ1) is 13.1. The molecular formula is C19H32O8. The molecule has 1 N–H and O–H groups in total. The van der Waals surface area contributed by atoms with E-state index < -0.39 is 5.97 Å². The molecule has 0 atom stereocenters. The predicted octanol–water partition coefficient (Wildman–Crippen LogP) is 1.93. The number of rotatable bonds is 18. The SMILES string of the molecule is C=CC(=O)OCCCCCC(=O)OCCOCCOC(=O)CCCCCO. The van der Waals surface area contributed by atoms with Crippen LogP contribution in [0.2, 0.25) is 0 Å². The molecule has 0 rings (SSSR count). The molecule has 8 heteroatoms. The summed E-state index contributed by atoms with van der Waals surface area (Å²) in [5, 5.41) is 8.63. The maximum atomic E-state index is 11.5. The van der Waals surface area contributed by atoms with E-state index in [1.165, 1.54) is 0 Å². The van der Waals surface area contributed by atoms with Crippen molar-refractivity contribution in [3.05, 3.63) is 12.7 Å². The standard InChI is InChI=1S/C19H32O8/c1-2-17(21)25-12-8-4-6-10-19(23)27-16-14-24-13-15-26-18(22)9-5-3-7-11-20/h2,20H,1,3-16H2. The van der Waals surface area contributed by atoms with Gasteiger partial charge in [0.25, 0.3) is 0 Å². The molecule has 0 heterocycles. The number of carbonyl (C=O) groups excluding carboxylic acids is 3. The summed E-state index contributed by atoms with van der Waals surface area (Å²) < 4.78 is 20.1. The van der Waals surface area contributed by atoms with Crippen LogP contribution in [0.5, 0.6) is 0 Å². The van der Waals surface area contributed by atoms with Crippen molar-refractivity contribution in [2.45, 2.75) is 51.4 Å². The minimum atomic E-state index is -0.442. The highest BCUT2D eigenvalue weighted by Gasteiger charge is 2.04. The zero-order chi connectivity index (χ0) is 20.2. The molecular weight excluding hydrogens is 356 g/mol. The fraction of sp³-hybridized carbons (Fsp3) is 0.737. The molecule has 0 aliphatic carbocycles. The summed E-state index contributed by atoms with van der Waals surface area (Å²) in [5.74, 6) is -1.01. The van der Waals surface area contributed by atoms with E-state index in [1.54, 1.807) is 0 Å². The van der Waals surface area contributed by atoms with Crippen LogP contribution in [0.1, 0.15) is 51.4 Å². The van der Waals surface area contributed by atoms with Gasteiger partial charge in [-0.1, -0.05) is 13.0 Å². The van der Waals surface area contributed by atoms with Crippen LogP contribution in [0.4, 0.5) is 0 Å². The van der Waals surface area contributed by atoms with E-state index in [2.05, 4.69) is 6.58 Å². The molecule has 0 saturated carbocycles. The van der Waals surface area contributed by atoms with Crippen LogP contribution >= 0.6 is 0 Å². The van der Waals surface area contributed by atoms with Gasteiger partial charge in [-0.3, -0.25) is 9.59 Å². The average Bonchev–Trinajstić information content (AvgIpc) is 2.66. The molecule has 0 saturated heterocycles. The van der Waals surface area contributed by atoms with E-state index in [0.29, 0.717) is 45.1 Å². The van der Waals surface area contributed by atoms with Crippen LogP contribution in [0, 0.1) is 0 Å². The van der Waals surface area contributed by atoms with Gasteiger partial charge in [-0.25, -0.2) is 4.79 Å². The van der Waals surface area contributed by atoms with Gasteiger partial charge in [0.15, 0.2) is 0 Å². The molecule has 0 aliphatic heterocycles. The molecule has 8 nitrogen and oxygen atoms in total. The lowest BCUT2D eigenvalue weighted by Gasteiger charge is -2.07. The van der Waals surface area contributed by atoms with Crippen molar-refractivity contribution in [2.24, 2.45) is 0 Å². The third-order valence-corrected chi connectivity index (χ3v) is 3.46. The Labute approximate surface area is 160 Å². The molecule has 156 valence electrons. The summed E-state index contributed by atoms with van der Waals surface area (Å²) in [6.45, 7) is 4.59. The average molecular weight is 388 g/mol. The Bertz CT molecular complexity index is 422. The largest absolute Gasteiger partial charge is 0.463 e. The summed E-state index contributed by atoms with van der Waals surface area (Å²) in [4.78, 5) is 33.7. The zero-order valence-corrected chi connectivity index (χ0v) is 16.0. The number of aliphatic hydroxyl groups excluding tert-OH is 1. The summed E-state index contributed by atoms with van der Waals surface area (Å²) in [6.07, 6.45) is 6.09.